The molecule has 2 aliphatic heterocycles. The van der Waals surface area contributed by atoms with E-state index >= 15 is 0 Å². The number of H-pyrrole nitrogens is 1. The van der Waals surface area contributed by atoms with Crippen molar-refractivity contribution < 1.29 is 0 Å². The highest BCUT2D eigenvalue weighted by Gasteiger charge is 2.16. The molecule has 3 heterocycles. The van der Waals surface area contributed by atoms with E-state index in [1.54, 1.807) is 0 Å². The zero-order valence-electron chi connectivity index (χ0n) is 18.9. The lowest BCUT2D eigenvalue weighted by Crippen LogP contribution is -2.43. The number of aryl methyl sites for hydroxylation is 1. The largest absolute Gasteiger partial charge is 0.361 e. The number of nitrogens with one attached hydrogen (secondary N) is 2. The van der Waals surface area contributed by atoms with Crippen LogP contribution in [0.2, 0.25) is 0 Å². The molecule has 32 heavy (non-hydrogen) atoms. The van der Waals surface area contributed by atoms with Gasteiger partial charge < -0.3 is 15.3 Å². The number of hydrazine groups is 1. The van der Waals surface area contributed by atoms with Crippen LogP contribution in [-0.2, 0) is 6.42 Å². The fourth-order valence-corrected chi connectivity index (χ4v) is 5.08. The van der Waals surface area contributed by atoms with E-state index in [-0.39, 0.29) is 0 Å². The molecule has 1 saturated heterocycles. The van der Waals surface area contributed by atoms with Crippen molar-refractivity contribution in [1.29, 1.82) is 0 Å². The van der Waals surface area contributed by atoms with Gasteiger partial charge in [0.25, 0.3) is 0 Å². The van der Waals surface area contributed by atoms with Gasteiger partial charge in [0.15, 0.2) is 0 Å². The van der Waals surface area contributed by atoms with Gasteiger partial charge in [0.1, 0.15) is 4.99 Å². The standard InChI is InChI=1S/C27H32N4S/c1-20-4-6-22(7-5-20)27(32)29-31-16-11-21(12-17-31)23-8-9-26-25(18-23)24(19-28-26)10-15-30-13-2-3-14-30/h4-9,11,18-19,28H,2-3,10,12-17H2,1H3,(H,29,32). The number of likely N-dealkylation sites (tertiary alicyclic amines) is 1. The third-order valence-corrected chi connectivity index (χ3v) is 7.14. The Morgan fingerprint density at radius 1 is 1.06 bits per heavy atom. The molecule has 5 heteroatoms. The smallest absolute Gasteiger partial charge is 0.120 e. The molecule has 3 aromatic rings. The number of benzene rings is 2. The van der Waals surface area contributed by atoms with Gasteiger partial charge in [-0.15, -0.1) is 0 Å². The van der Waals surface area contributed by atoms with Crippen molar-refractivity contribution in [3.8, 4) is 0 Å². The molecule has 5 rings (SSSR count). The van der Waals surface area contributed by atoms with Crippen molar-refractivity contribution in [2.75, 3.05) is 32.7 Å². The van der Waals surface area contributed by atoms with E-state index in [1.165, 1.54) is 65.6 Å². The predicted molar refractivity (Wildman–Crippen MR) is 138 cm³/mol. The van der Waals surface area contributed by atoms with Crippen molar-refractivity contribution in [3.63, 3.8) is 0 Å². The number of hydrogen-bond donors (Lipinski definition) is 2. The first-order valence-electron chi connectivity index (χ1n) is 11.8. The monoisotopic (exact) mass is 444 g/mol. The summed E-state index contributed by atoms with van der Waals surface area (Å²) in [5.41, 5.74) is 11.2. The van der Waals surface area contributed by atoms with Gasteiger partial charge in [-0.25, -0.2) is 5.01 Å². The van der Waals surface area contributed by atoms with Crippen LogP contribution in [0.15, 0.2) is 54.7 Å². The Bertz CT molecular complexity index is 1120. The van der Waals surface area contributed by atoms with E-state index in [0.29, 0.717) is 0 Å². The molecule has 0 unspecified atom stereocenters. The highest BCUT2D eigenvalue weighted by molar-refractivity contribution is 7.80. The highest BCUT2D eigenvalue weighted by Crippen LogP contribution is 2.27. The zero-order chi connectivity index (χ0) is 21.9. The topological polar surface area (TPSA) is 34.3 Å². The van der Waals surface area contributed by atoms with Crippen molar-refractivity contribution >= 4 is 33.7 Å². The van der Waals surface area contributed by atoms with Crippen LogP contribution in [0.5, 0.6) is 0 Å². The van der Waals surface area contributed by atoms with Crippen molar-refractivity contribution in [3.05, 3.63) is 77.0 Å². The number of rotatable bonds is 6. The van der Waals surface area contributed by atoms with E-state index < -0.39 is 0 Å². The Kier molecular flexibility index (Phi) is 6.39. The number of fused-ring (bicyclic) bond motifs is 1. The number of thiocarbonyl (C=S) groups is 1. The molecular formula is C27H32N4S. The lowest BCUT2D eigenvalue weighted by molar-refractivity contribution is 0.263. The number of aromatic amines is 1. The summed E-state index contributed by atoms with van der Waals surface area (Å²) in [6.07, 6.45) is 9.39. The maximum Gasteiger partial charge on any atom is 0.120 e. The van der Waals surface area contributed by atoms with Gasteiger partial charge in [-0.1, -0.05) is 54.2 Å². The van der Waals surface area contributed by atoms with E-state index in [9.17, 15) is 0 Å². The summed E-state index contributed by atoms with van der Waals surface area (Å²) in [6.45, 7) is 7.59. The quantitative estimate of drug-likeness (QED) is 0.520. The van der Waals surface area contributed by atoms with Gasteiger partial charge in [-0.2, -0.15) is 0 Å². The van der Waals surface area contributed by atoms with Crippen LogP contribution in [0.1, 0.15) is 41.5 Å². The lowest BCUT2D eigenvalue weighted by Gasteiger charge is -2.28. The van der Waals surface area contributed by atoms with Crippen molar-refractivity contribution in [2.45, 2.75) is 32.6 Å². The van der Waals surface area contributed by atoms with Crippen LogP contribution < -0.4 is 5.43 Å². The molecule has 0 aliphatic carbocycles. The molecule has 166 valence electrons. The second kappa shape index (κ2) is 9.57. The summed E-state index contributed by atoms with van der Waals surface area (Å²) in [5, 5.41) is 3.59. The Morgan fingerprint density at radius 3 is 2.62 bits per heavy atom. The van der Waals surface area contributed by atoms with E-state index in [1.807, 2.05) is 0 Å². The van der Waals surface area contributed by atoms with E-state index in [2.05, 4.69) is 82.0 Å². The molecule has 0 amide bonds. The molecule has 0 bridgehead atoms. The van der Waals surface area contributed by atoms with Gasteiger partial charge >= 0.3 is 0 Å². The fourth-order valence-electron chi connectivity index (χ4n) is 4.82. The molecular weight excluding hydrogens is 412 g/mol. The normalized spacial score (nSPS) is 17.6. The first-order chi connectivity index (χ1) is 15.7. The number of hydrogen-bond acceptors (Lipinski definition) is 3. The summed E-state index contributed by atoms with van der Waals surface area (Å²) in [7, 11) is 0. The number of aromatic nitrogens is 1. The minimum absolute atomic E-state index is 0.790. The molecule has 0 spiro atoms. The first-order valence-corrected chi connectivity index (χ1v) is 12.2. The minimum atomic E-state index is 0.790. The first kappa shape index (κ1) is 21.4. The highest BCUT2D eigenvalue weighted by atomic mass is 32.1. The van der Waals surface area contributed by atoms with Crippen LogP contribution in [0.25, 0.3) is 16.5 Å². The average molecular weight is 445 g/mol. The minimum Gasteiger partial charge on any atom is -0.361 e. The maximum atomic E-state index is 5.61. The van der Waals surface area contributed by atoms with Crippen LogP contribution in [-0.4, -0.2) is 52.6 Å². The summed E-state index contributed by atoms with van der Waals surface area (Å²) in [4.78, 5) is 6.85. The van der Waals surface area contributed by atoms with Crippen LogP contribution >= 0.6 is 12.2 Å². The fraction of sp³-hybridized carbons (Fsp3) is 0.370. The summed E-state index contributed by atoms with van der Waals surface area (Å²) >= 11 is 5.61. The SMILES string of the molecule is Cc1ccc(C(=S)NN2CC=C(c3ccc4[nH]cc(CCN5CCCC5)c4c3)CC2)cc1. The van der Waals surface area contributed by atoms with Crippen molar-refractivity contribution in [2.24, 2.45) is 0 Å². The van der Waals surface area contributed by atoms with Gasteiger partial charge in [-0.05, 0) is 74.5 Å². The Balaban J connectivity index is 1.24. The molecule has 4 nitrogen and oxygen atoms in total. The van der Waals surface area contributed by atoms with Crippen LogP contribution in [0.4, 0.5) is 0 Å². The molecule has 2 N–H and O–H groups in total. The Hall–Kier alpha value is -2.47. The average Bonchev–Trinajstić information content (AvgIpc) is 3.48. The predicted octanol–water partition coefficient (Wildman–Crippen LogP) is 5.08. The molecule has 1 fully saturated rings. The van der Waals surface area contributed by atoms with Crippen LogP contribution in [0.3, 0.4) is 0 Å². The Labute approximate surface area is 196 Å². The summed E-state index contributed by atoms with van der Waals surface area (Å²) < 4.78 is 0. The van der Waals surface area contributed by atoms with Gasteiger partial charge in [0, 0.05) is 42.3 Å². The Morgan fingerprint density at radius 2 is 1.88 bits per heavy atom. The second-order valence-corrected chi connectivity index (χ2v) is 9.51. The number of nitrogens with zero attached hydrogens (tertiary/aromatic N) is 2. The van der Waals surface area contributed by atoms with Gasteiger partial charge in [0.05, 0.1) is 0 Å². The van der Waals surface area contributed by atoms with E-state index in [4.69, 9.17) is 12.2 Å². The third kappa shape index (κ3) is 4.80. The summed E-state index contributed by atoms with van der Waals surface area (Å²) in [5.74, 6) is 0. The molecule has 2 aromatic carbocycles. The molecule has 0 atom stereocenters. The second-order valence-electron chi connectivity index (χ2n) is 9.11. The molecule has 0 radical (unpaired) electrons. The van der Waals surface area contributed by atoms with Gasteiger partial charge in [-0.3, -0.25) is 0 Å². The zero-order valence-corrected chi connectivity index (χ0v) is 19.7. The summed E-state index contributed by atoms with van der Waals surface area (Å²) in [6, 6.07) is 15.3. The van der Waals surface area contributed by atoms with E-state index in [0.717, 1.165) is 36.5 Å². The molecule has 0 saturated carbocycles. The van der Waals surface area contributed by atoms with Crippen molar-refractivity contribution in [1.82, 2.24) is 20.3 Å². The molecule has 1 aromatic heterocycles. The van der Waals surface area contributed by atoms with Crippen LogP contribution in [0, 0.1) is 6.92 Å². The molecule has 2 aliphatic rings. The third-order valence-electron chi connectivity index (χ3n) is 6.82. The lowest BCUT2D eigenvalue weighted by atomic mass is 9.97. The maximum absolute atomic E-state index is 5.61. The van der Waals surface area contributed by atoms with Gasteiger partial charge in [0.2, 0.25) is 0 Å².